The molecule has 0 amide bonds. The summed E-state index contributed by atoms with van der Waals surface area (Å²) in [6, 6.07) is 8.40. The van der Waals surface area contributed by atoms with E-state index in [0.717, 1.165) is 66.4 Å². The van der Waals surface area contributed by atoms with Crippen molar-refractivity contribution in [3.63, 3.8) is 0 Å². The molecule has 0 saturated carbocycles. The number of nitrogens with one attached hydrogen (secondary N) is 1. The lowest BCUT2D eigenvalue weighted by Crippen LogP contribution is -2.46. The fourth-order valence-electron chi connectivity index (χ4n) is 5.04. The highest BCUT2D eigenvalue weighted by molar-refractivity contribution is 5.71. The van der Waals surface area contributed by atoms with Crippen LogP contribution in [0, 0.1) is 11.6 Å². The smallest absolute Gasteiger partial charge is 0.178 e. The first kappa shape index (κ1) is 26.3. The Morgan fingerprint density at radius 2 is 1.78 bits per heavy atom. The predicted octanol–water partition coefficient (Wildman–Crippen LogP) is 5.14. The number of rotatable bonds is 8. The number of aliphatic hydroxyl groups is 1. The quantitative estimate of drug-likeness (QED) is 0.376. The van der Waals surface area contributed by atoms with E-state index in [4.69, 9.17) is 10.8 Å². The number of fused-ring (bicyclic) bond motifs is 1. The summed E-state index contributed by atoms with van der Waals surface area (Å²) in [5, 5.41) is 16.8. The molecule has 4 N–H and O–H groups in total. The van der Waals surface area contributed by atoms with E-state index in [9.17, 15) is 5.11 Å². The Bertz CT molecular complexity index is 1230. The molecular weight excluding hydrogens is 460 g/mol. The number of anilines is 1. The number of benzene rings is 2. The maximum atomic E-state index is 15.7. The molecule has 1 aliphatic rings. The van der Waals surface area contributed by atoms with Crippen LogP contribution in [0.15, 0.2) is 30.3 Å². The molecule has 36 heavy (non-hydrogen) atoms. The van der Waals surface area contributed by atoms with Crippen LogP contribution in [-0.2, 0) is 25.8 Å². The van der Waals surface area contributed by atoms with Gasteiger partial charge in [-0.2, -0.15) is 5.10 Å². The summed E-state index contributed by atoms with van der Waals surface area (Å²) < 4.78 is 32.7. The maximum absolute atomic E-state index is 15.7. The molecule has 194 valence electrons. The van der Waals surface area contributed by atoms with Gasteiger partial charge in [-0.3, -0.25) is 10.6 Å². The van der Waals surface area contributed by atoms with Crippen LogP contribution in [0.3, 0.4) is 0 Å². The van der Waals surface area contributed by atoms with Crippen LogP contribution in [0.1, 0.15) is 63.4 Å². The topological polar surface area (TPSA) is 79.3 Å². The lowest BCUT2D eigenvalue weighted by Gasteiger charge is -2.40. The van der Waals surface area contributed by atoms with E-state index < -0.39 is 18.0 Å². The first-order valence-corrected chi connectivity index (χ1v) is 12.8. The fourth-order valence-corrected chi connectivity index (χ4v) is 5.04. The number of nitrogens with zero attached hydrogens (tertiary/aromatic N) is 3. The minimum Gasteiger partial charge on any atom is -0.361 e. The van der Waals surface area contributed by atoms with Gasteiger partial charge in [0.05, 0.1) is 22.8 Å². The Morgan fingerprint density at radius 3 is 2.36 bits per heavy atom. The average Bonchev–Trinajstić information content (AvgIpc) is 3.23. The summed E-state index contributed by atoms with van der Waals surface area (Å²) >= 11 is 0. The molecule has 0 saturated heterocycles. The molecule has 4 rings (SSSR count). The number of aliphatic hydroxyl groups excluding tert-OH is 1. The Hall–Kier alpha value is -2.81. The van der Waals surface area contributed by atoms with E-state index in [2.05, 4.69) is 57.0 Å². The number of nitrogens with two attached hydrogens (primary N) is 1. The van der Waals surface area contributed by atoms with Crippen LogP contribution < -0.4 is 11.1 Å². The Balaban J connectivity index is 1.99. The normalized spacial score (nSPS) is 15.1. The average molecular weight is 498 g/mol. The molecule has 0 bridgehead atoms. The molecule has 1 atom stereocenters. The van der Waals surface area contributed by atoms with Crippen molar-refractivity contribution in [3.05, 3.63) is 64.4 Å². The van der Waals surface area contributed by atoms with Crippen LogP contribution in [-0.4, -0.2) is 38.2 Å². The second-order valence-electron chi connectivity index (χ2n) is 10.1. The zero-order chi connectivity index (χ0) is 26.2. The maximum Gasteiger partial charge on any atom is 0.178 e. The second kappa shape index (κ2) is 10.3. The first-order valence-electron chi connectivity index (χ1n) is 12.8. The summed E-state index contributed by atoms with van der Waals surface area (Å²) in [4.78, 5) is 2.40. The Kier molecular flexibility index (Phi) is 7.50. The molecule has 0 spiro atoms. The van der Waals surface area contributed by atoms with Crippen LogP contribution in [0.5, 0.6) is 0 Å². The van der Waals surface area contributed by atoms with E-state index in [1.807, 2.05) is 10.7 Å². The minimum absolute atomic E-state index is 0.0399. The molecule has 6 nitrogen and oxygen atoms in total. The van der Waals surface area contributed by atoms with Crippen LogP contribution in [0.2, 0.25) is 0 Å². The van der Waals surface area contributed by atoms with Gasteiger partial charge in [0.25, 0.3) is 0 Å². The van der Waals surface area contributed by atoms with E-state index in [0.29, 0.717) is 12.2 Å². The molecular formula is C28H37F2N5O. The van der Waals surface area contributed by atoms with Crippen molar-refractivity contribution in [1.29, 1.82) is 0 Å². The number of hydrogen-bond donors (Lipinski definition) is 3. The molecule has 2 heterocycles. The molecule has 1 unspecified atom stereocenters. The van der Waals surface area contributed by atoms with E-state index in [1.54, 1.807) is 0 Å². The second-order valence-corrected chi connectivity index (χ2v) is 10.1. The van der Waals surface area contributed by atoms with Crippen molar-refractivity contribution < 1.29 is 13.9 Å². The molecule has 1 aliphatic heterocycles. The van der Waals surface area contributed by atoms with Crippen molar-refractivity contribution in [3.8, 4) is 16.9 Å². The Labute approximate surface area is 212 Å². The molecule has 1 aromatic heterocycles. The molecule has 0 aliphatic carbocycles. The third kappa shape index (κ3) is 4.77. The summed E-state index contributed by atoms with van der Waals surface area (Å²) in [5.74, 6) is -1.30. The monoisotopic (exact) mass is 497 g/mol. The van der Waals surface area contributed by atoms with Crippen molar-refractivity contribution in [2.45, 2.75) is 78.7 Å². The van der Waals surface area contributed by atoms with Crippen molar-refractivity contribution in [2.75, 3.05) is 11.9 Å². The van der Waals surface area contributed by atoms with Gasteiger partial charge in [-0.25, -0.2) is 13.5 Å². The number of aryl methyl sites for hydroxylation is 2. The van der Waals surface area contributed by atoms with Gasteiger partial charge in [0.2, 0.25) is 0 Å². The molecule has 8 heteroatoms. The van der Waals surface area contributed by atoms with Crippen LogP contribution in [0.25, 0.3) is 16.9 Å². The lowest BCUT2D eigenvalue weighted by atomic mass is 9.93. The summed E-state index contributed by atoms with van der Waals surface area (Å²) in [6.07, 6.45) is 1.77. The third-order valence-corrected chi connectivity index (χ3v) is 7.55. The molecule has 2 aromatic carbocycles. The summed E-state index contributed by atoms with van der Waals surface area (Å²) in [7, 11) is 0. The fraction of sp³-hybridized carbons (Fsp3) is 0.464. The van der Waals surface area contributed by atoms with Gasteiger partial charge < -0.3 is 10.4 Å². The Morgan fingerprint density at radius 1 is 1.11 bits per heavy atom. The van der Waals surface area contributed by atoms with Crippen molar-refractivity contribution >= 4 is 5.69 Å². The van der Waals surface area contributed by atoms with E-state index in [-0.39, 0.29) is 16.8 Å². The first-order chi connectivity index (χ1) is 17.1. The SMILES string of the molecule is CCc1cccc(CC)c1-n1nc2c(c1-c1cc(F)c(NC(N)O)cc1F)CN(C(C)(C)CC)CC2. The summed E-state index contributed by atoms with van der Waals surface area (Å²) in [6.45, 7) is 12.2. The highest BCUT2D eigenvalue weighted by Gasteiger charge is 2.34. The predicted molar refractivity (Wildman–Crippen MR) is 140 cm³/mol. The number of hydrogen-bond acceptors (Lipinski definition) is 5. The molecule has 0 fully saturated rings. The van der Waals surface area contributed by atoms with Crippen molar-refractivity contribution in [1.82, 2.24) is 14.7 Å². The largest absolute Gasteiger partial charge is 0.361 e. The minimum atomic E-state index is -1.50. The van der Waals surface area contributed by atoms with Gasteiger partial charge in [0, 0.05) is 42.2 Å². The van der Waals surface area contributed by atoms with Gasteiger partial charge in [-0.05, 0) is 50.3 Å². The zero-order valence-electron chi connectivity index (χ0n) is 21.8. The van der Waals surface area contributed by atoms with E-state index in [1.165, 1.54) is 6.07 Å². The van der Waals surface area contributed by atoms with Gasteiger partial charge >= 0.3 is 0 Å². The van der Waals surface area contributed by atoms with Crippen LogP contribution in [0.4, 0.5) is 14.5 Å². The zero-order valence-corrected chi connectivity index (χ0v) is 21.8. The number of para-hydroxylation sites is 1. The lowest BCUT2D eigenvalue weighted by molar-refractivity contribution is 0.100. The van der Waals surface area contributed by atoms with Gasteiger partial charge in [0.15, 0.2) is 6.35 Å². The third-order valence-electron chi connectivity index (χ3n) is 7.55. The summed E-state index contributed by atoms with van der Waals surface area (Å²) in [5.41, 5.74) is 10.8. The van der Waals surface area contributed by atoms with Gasteiger partial charge in [0.1, 0.15) is 11.6 Å². The van der Waals surface area contributed by atoms with Crippen molar-refractivity contribution in [2.24, 2.45) is 5.73 Å². The highest BCUT2D eigenvalue weighted by atomic mass is 19.1. The standard InChI is InChI=1S/C28H37F2N5O/c1-6-17-10-9-11-18(7-2)25(17)35-26(19-14-22(30)24(15-21(19)29)32-27(31)36)20-16-34(28(4,5)8-3)13-12-23(20)33-35/h9-11,14-15,27,32,36H,6-8,12-13,16,31H2,1-5H3. The van der Waals surface area contributed by atoms with Gasteiger partial charge in [-0.1, -0.05) is 39.0 Å². The number of aromatic nitrogens is 2. The van der Waals surface area contributed by atoms with Gasteiger partial charge in [-0.15, -0.1) is 0 Å². The molecule has 0 radical (unpaired) electrons. The molecule has 3 aromatic rings. The highest BCUT2D eigenvalue weighted by Crippen LogP contribution is 2.39. The van der Waals surface area contributed by atoms with Crippen LogP contribution >= 0.6 is 0 Å². The number of halogens is 2. The van der Waals surface area contributed by atoms with E-state index >= 15 is 8.78 Å².